The van der Waals surface area contributed by atoms with Crippen molar-refractivity contribution < 1.29 is 9.53 Å². The fourth-order valence-corrected chi connectivity index (χ4v) is 2.71. The van der Waals surface area contributed by atoms with E-state index in [-0.39, 0.29) is 17.9 Å². The molecule has 0 amide bonds. The maximum absolute atomic E-state index is 11.6. The molecule has 1 aromatic carbocycles. The second-order valence-corrected chi connectivity index (χ2v) is 5.26. The van der Waals surface area contributed by atoms with Crippen molar-refractivity contribution >= 4 is 11.7 Å². The van der Waals surface area contributed by atoms with E-state index in [4.69, 9.17) is 10.5 Å². The molecule has 2 N–H and O–H groups in total. The zero-order valence-corrected chi connectivity index (χ0v) is 11.8. The molecule has 0 aliphatic carbocycles. The number of fused-ring (bicyclic) bond motifs is 1. The smallest absolute Gasteiger partial charge is 0.309 e. The minimum atomic E-state index is -0.147. The van der Waals surface area contributed by atoms with E-state index < -0.39 is 0 Å². The number of nitrogens with zero attached hydrogens (tertiary/aromatic N) is 1. The molecular formula is C15H22N2O2. The highest BCUT2D eigenvalue weighted by Crippen LogP contribution is 2.26. The Bertz CT molecular complexity index is 473. The maximum Gasteiger partial charge on any atom is 0.309 e. The van der Waals surface area contributed by atoms with Gasteiger partial charge in [0.25, 0.3) is 0 Å². The van der Waals surface area contributed by atoms with Crippen molar-refractivity contribution in [2.24, 2.45) is 5.92 Å². The van der Waals surface area contributed by atoms with E-state index in [1.165, 1.54) is 18.2 Å². The van der Waals surface area contributed by atoms with Gasteiger partial charge in [0.2, 0.25) is 0 Å². The van der Waals surface area contributed by atoms with E-state index in [0.717, 1.165) is 25.2 Å². The summed E-state index contributed by atoms with van der Waals surface area (Å²) in [5.41, 5.74) is 9.41. The van der Waals surface area contributed by atoms with E-state index in [1.54, 1.807) is 0 Å². The van der Waals surface area contributed by atoms with Crippen molar-refractivity contribution in [1.29, 1.82) is 0 Å². The molecule has 0 saturated carbocycles. The van der Waals surface area contributed by atoms with Gasteiger partial charge in [-0.1, -0.05) is 19.1 Å². The van der Waals surface area contributed by atoms with Crippen LogP contribution < -0.4 is 5.73 Å². The van der Waals surface area contributed by atoms with Gasteiger partial charge >= 0.3 is 5.97 Å². The lowest BCUT2D eigenvalue weighted by molar-refractivity contribution is -0.147. The lowest BCUT2D eigenvalue weighted by atomic mass is 9.94. The first-order valence-corrected chi connectivity index (χ1v) is 6.72. The zero-order chi connectivity index (χ0) is 14.0. The topological polar surface area (TPSA) is 55.6 Å². The van der Waals surface area contributed by atoms with Crippen molar-refractivity contribution in [3.63, 3.8) is 0 Å². The number of nitrogen functional groups attached to an aromatic ring is 1. The molecule has 0 fully saturated rings. The Hall–Kier alpha value is -1.55. The highest BCUT2D eigenvalue weighted by atomic mass is 16.5. The van der Waals surface area contributed by atoms with Crippen LogP contribution in [0, 0.1) is 5.92 Å². The molecular weight excluding hydrogens is 240 g/mol. The predicted molar refractivity (Wildman–Crippen MR) is 75.6 cm³/mol. The highest BCUT2D eigenvalue weighted by molar-refractivity contribution is 5.72. The minimum absolute atomic E-state index is 0.118. The van der Waals surface area contributed by atoms with Gasteiger partial charge in [0.1, 0.15) is 0 Å². The van der Waals surface area contributed by atoms with E-state index in [9.17, 15) is 4.79 Å². The van der Waals surface area contributed by atoms with Crippen LogP contribution in [0.1, 0.15) is 25.0 Å². The van der Waals surface area contributed by atoms with Crippen LogP contribution in [0.25, 0.3) is 0 Å². The van der Waals surface area contributed by atoms with Gasteiger partial charge in [0.05, 0.1) is 13.0 Å². The third-order valence-electron chi connectivity index (χ3n) is 4.20. The van der Waals surface area contributed by atoms with Gasteiger partial charge in [-0.25, -0.2) is 0 Å². The number of carbonyl (C=O) groups is 1. The van der Waals surface area contributed by atoms with Crippen molar-refractivity contribution in [3.05, 3.63) is 29.3 Å². The molecule has 0 bridgehead atoms. The Morgan fingerprint density at radius 1 is 1.42 bits per heavy atom. The van der Waals surface area contributed by atoms with E-state index >= 15 is 0 Å². The Balaban J connectivity index is 2.11. The molecule has 2 unspecified atom stereocenters. The van der Waals surface area contributed by atoms with Gasteiger partial charge < -0.3 is 10.5 Å². The summed E-state index contributed by atoms with van der Waals surface area (Å²) < 4.78 is 4.83. The monoisotopic (exact) mass is 262 g/mol. The summed E-state index contributed by atoms with van der Waals surface area (Å²) in [5, 5.41) is 0. The first kappa shape index (κ1) is 13.9. The Labute approximate surface area is 114 Å². The van der Waals surface area contributed by atoms with Crippen LogP contribution in [0.15, 0.2) is 18.2 Å². The van der Waals surface area contributed by atoms with Crippen LogP contribution >= 0.6 is 0 Å². The molecule has 0 saturated heterocycles. The molecule has 0 spiro atoms. The van der Waals surface area contributed by atoms with Gasteiger partial charge in [0, 0.05) is 24.8 Å². The van der Waals surface area contributed by atoms with Gasteiger partial charge in [-0.05, 0) is 30.5 Å². The SMILES string of the molecule is COC(=O)C(C)C(C)N1CCc2c(N)cccc2C1. The number of hydrogen-bond donors (Lipinski definition) is 1. The summed E-state index contributed by atoms with van der Waals surface area (Å²) in [7, 11) is 1.44. The molecule has 1 aliphatic heterocycles. The number of carbonyl (C=O) groups excluding carboxylic acids is 1. The molecule has 104 valence electrons. The lowest BCUT2D eigenvalue weighted by Crippen LogP contribution is -2.43. The molecule has 4 nitrogen and oxygen atoms in total. The van der Waals surface area contributed by atoms with Crippen LogP contribution in [0.5, 0.6) is 0 Å². The molecule has 1 aliphatic rings. The quantitative estimate of drug-likeness (QED) is 0.667. The van der Waals surface area contributed by atoms with Crippen molar-refractivity contribution in [1.82, 2.24) is 4.90 Å². The largest absolute Gasteiger partial charge is 0.469 e. The standard InChI is InChI=1S/C15H22N2O2/c1-10(15(18)19-3)11(2)17-8-7-13-12(9-17)5-4-6-14(13)16/h4-6,10-11H,7-9,16H2,1-3H3. The molecule has 19 heavy (non-hydrogen) atoms. The number of methoxy groups -OCH3 is 1. The van der Waals surface area contributed by atoms with Gasteiger partial charge in [-0.15, -0.1) is 0 Å². The lowest BCUT2D eigenvalue weighted by Gasteiger charge is -2.36. The summed E-state index contributed by atoms with van der Waals surface area (Å²) >= 11 is 0. The second-order valence-electron chi connectivity index (χ2n) is 5.26. The first-order chi connectivity index (χ1) is 9.04. The highest BCUT2D eigenvalue weighted by Gasteiger charge is 2.29. The second kappa shape index (κ2) is 5.61. The van der Waals surface area contributed by atoms with Crippen molar-refractivity contribution in [2.75, 3.05) is 19.4 Å². The van der Waals surface area contributed by atoms with E-state index in [0.29, 0.717) is 0 Å². The fraction of sp³-hybridized carbons (Fsp3) is 0.533. The number of rotatable bonds is 3. The van der Waals surface area contributed by atoms with Gasteiger partial charge in [0.15, 0.2) is 0 Å². The van der Waals surface area contributed by atoms with E-state index in [2.05, 4.69) is 17.9 Å². The normalized spacial score (nSPS) is 18.5. The summed E-state index contributed by atoms with van der Waals surface area (Å²) in [4.78, 5) is 13.9. The molecule has 4 heteroatoms. The molecule has 1 aromatic rings. The predicted octanol–water partition coefficient (Wildman–Crippen LogP) is 1.82. The molecule has 2 atom stereocenters. The molecule has 0 radical (unpaired) electrons. The number of anilines is 1. The van der Waals surface area contributed by atoms with E-state index in [1.807, 2.05) is 19.1 Å². The third kappa shape index (κ3) is 2.73. The van der Waals surface area contributed by atoms with Crippen LogP contribution in [-0.2, 0) is 22.5 Å². The number of ether oxygens (including phenoxy) is 1. The minimum Gasteiger partial charge on any atom is -0.469 e. The average molecular weight is 262 g/mol. The molecule has 2 rings (SSSR count). The van der Waals surface area contributed by atoms with Crippen LogP contribution in [0.3, 0.4) is 0 Å². The average Bonchev–Trinajstić information content (AvgIpc) is 2.44. The number of nitrogens with two attached hydrogens (primary N) is 1. The summed E-state index contributed by atoms with van der Waals surface area (Å²) in [6.07, 6.45) is 0.945. The zero-order valence-electron chi connectivity index (χ0n) is 11.8. The van der Waals surface area contributed by atoms with Crippen molar-refractivity contribution in [3.8, 4) is 0 Å². The number of benzene rings is 1. The Morgan fingerprint density at radius 2 is 2.16 bits per heavy atom. The first-order valence-electron chi connectivity index (χ1n) is 6.72. The fourth-order valence-electron chi connectivity index (χ4n) is 2.71. The summed E-state index contributed by atoms with van der Waals surface area (Å²) in [5.74, 6) is -0.265. The van der Waals surface area contributed by atoms with Crippen molar-refractivity contribution in [2.45, 2.75) is 32.9 Å². The summed E-state index contributed by atoms with van der Waals surface area (Å²) in [6, 6.07) is 6.23. The van der Waals surface area contributed by atoms with Crippen LogP contribution in [-0.4, -0.2) is 30.6 Å². The van der Waals surface area contributed by atoms with Crippen LogP contribution in [0.4, 0.5) is 5.69 Å². The molecule has 1 heterocycles. The van der Waals surface area contributed by atoms with Crippen LogP contribution in [0.2, 0.25) is 0 Å². The Morgan fingerprint density at radius 3 is 2.84 bits per heavy atom. The Kier molecular flexibility index (Phi) is 4.10. The maximum atomic E-state index is 11.6. The number of esters is 1. The van der Waals surface area contributed by atoms with Gasteiger partial charge in [-0.3, -0.25) is 9.69 Å². The van der Waals surface area contributed by atoms with Gasteiger partial charge in [-0.2, -0.15) is 0 Å². The number of hydrogen-bond acceptors (Lipinski definition) is 4. The third-order valence-corrected chi connectivity index (χ3v) is 4.20. The molecule has 0 aromatic heterocycles. The summed E-state index contributed by atoms with van der Waals surface area (Å²) in [6.45, 7) is 5.79.